The third-order valence-electron chi connectivity index (χ3n) is 2.03. The third-order valence-corrected chi connectivity index (χ3v) is 3.39. The van der Waals surface area contributed by atoms with Gasteiger partial charge in [0.05, 0.1) is 17.3 Å². The summed E-state index contributed by atoms with van der Waals surface area (Å²) in [4.78, 5) is 0. The standard InChI is InChI=1S/C11H10BrIN2/c1-2-7(6-14)11(15)9-5-8(13)3-4-10(9)12/h3-5H,2,15H2,1H3/b11-7-. The van der Waals surface area contributed by atoms with Crippen molar-refractivity contribution in [2.45, 2.75) is 13.3 Å². The van der Waals surface area contributed by atoms with Gasteiger partial charge < -0.3 is 5.73 Å². The Morgan fingerprint density at radius 3 is 2.80 bits per heavy atom. The van der Waals surface area contributed by atoms with Gasteiger partial charge in [0.25, 0.3) is 0 Å². The van der Waals surface area contributed by atoms with E-state index < -0.39 is 0 Å². The second-order valence-corrected chi connectivity index (χ2v) is 5.08. The summed E-state index contributed by atoms with van der Waals surface area (Å²) >= 11 is 5.65. The number of hydrogen-bond acceptors (Lipinski definition) is 2. The van der Waals surface area contributed by atoms with Crippen molar-refractivity contribution in [3.8, 4) is 6.07 Å². The number of nitrogens with two attached hydrogens (primary N) is 1. The topological polar surface area (TPSA) is 49.8 Å². The molecule has 0 unspecified atom stereocenters. The number of allylic oxidation sites excluding steroid dienone is 1. The average Bonchev–Trinajstić information content (AvgIpc) is 2.23. The Bertz CT molecular complexity index is 446. The molecule has 78 valence electrons. The molecule has 0 amide bonds. The Labute approximate surface area is 111 Å². The van der Waals surface area contributed by atoms with E-state index in [0.717, 1.165) is 13.6 Å². The molecular weight excluding hydrogens is 367 g/mol. The van der Waals surface area contributed by atoms with Crippen molar-refractivity contribution in [1.82, 2.24) is 0 Å². The smallest absolute Gasteiger partial charge is 0.0968 e. The Hall–Kier alpha value is -0.540. The molecule has 1 aromatic carbocycles. The highest BCUT2D eigenvalue weighted by Crippen LogP contribution is 2.26. The van der Waals surface area contributed by atoms with Gasteiger partial charge >= 0.3 is 0 Å². The van der Waals surface area contributed by atoms with Crippen LogP contribution in [-0.4, -0.2) is 0 Å². The highest BCUT2D eigenvalue weighted by atomic mass is 127. The molecule has 0 spiro atoms. The first-order chi connectivity index (χ1) is 7.10. The molecule has 4 heteroatoms. The number of rotatable bonds is 2. The fourth-order valence-electron chi connectivity index (χ4n) is 1.20. The highest BCUT2D eigenvalue weighted by molar-refractivity contribution is 14.1. The first kappa shape index (κ1) is 12.5. The molecule has 0 saturated heterocycles. The zero-order chi connectivity index (χ0) is 11.4. The lowest BCUT2D eigenvalue weighted by molar-refractivity contribution is 1.14. The van der Waals surface area contributed by atoms with Gasteiger partial charge in [0.2, 0.25) is 0 Å². The van der Waals surface area contributed by atoms with Crippen molar-refractivity contribution in [3.63, 3.8) is 0 Å². The summed E-state index contributed by atoms with van der Waals surface area (Å²) in [5, 5.41) is 8.91. The summed E-state index contributed by atoms with van der Waals surface area (Å²) in [6.45, 7) is 1.92. The SMILES string of the molecule is CC/C(C#N)=C(/N)c1cc(I)ccc1Br. The Morgan fingerprint density at radius 2 is 2.27 bits per heavy atom. The van der Waals surface area contributed by atoms with Gasteiger partial charge in [-0.15, -0.1) is 0 Å². The maximum Gasteiger partial charge on any atom is 0.0968 e. The van der Waals surface area contributed by atoms with E-state index in [2.05, 4.69) is 44.6 Å². The van der Waals surface area contributed by atoms with E-state index in [-0.39, 0.29) is 0 Å². The van der Waals surface area contributed by atoms with Gasteiger partial charge in [0.15, 0.2) is 0 Å². The van der Waals surface area contributed by atoms with Gasteiger partial charge in [-0.2, -0.15) is 5.26 Å². The van der Waals surface area contributed by atoms with E-state index in [1.807, 2.05) is 25.1 Å². The Morgan fingerprint density at radius 1 is 1.60 bits per heavy atom. The van der Waals surface area contributed by atoms with Crippen molar-refractivity contribution < 1.29 is 0 Å². The highest BCUT2D eigenvalue weighted by Gasteiger charge is 2.08. The van der Waals surface area contributed by atoms with Crippen molar-refractivity contribution in [2.75, 3.05) is 0 Å². The van der Waals surface area contributed by atoms with Gasteiger partial charge in [0, 0.05) is 13.6 Å². The lowest BCUT2D eigenvalue weighted by Gasteiger charge is -2.07. The quantitative estimate of drug-likeness (QED) is 0.632. The van der Waals surface area contributed by atoms with Crippen LogP contribution in [0.3, 0.4) is 0 Å². The van der Waals surface area contributed by atoms with Crippen molar-refractivity contribution in [2.24, 2.45) is 5.73 Å². The molecule has 2 N–H and O–H groups in total. The Balaban J connectivity index is 3.34. The van der Waals surface area contributed by atoms with Crippen molar-refractivity contribution in [3.05, 3.63) is 37.4 Å². The van der Waals surface area contributed by atoms with E-state index in [9.17, 15) is 0 Å². The maximum atomic E-state index is 8.91. The van der Waals surface area contributed by atoms with Crippen LogP contribution in [0.4, 0.5) is 0 Å². The van der Waals surface area contributed by atoms with Crippen LogP contribution in [0.25, 0.3) is 5.70 Å². The summed E-state index contributed by atoms with van der Waals surface area (Å²) in [6, 6.07) is 8.02. The zero-order valence-electron chi connectivity index (χ0n) is 8.22. The summed E-state index contributed by atoms with van der Waals surface area (Å²) < 4.78 is 2.02. The van der Waals surface area contributed by atoms with Crippen molar-refractivity contribution >= 4 is 44.2 Å². The minimum atomic E-state index is 0.561. The minimum absolute atomic E-state index is 0.561. The first-order valence-electron chi connectivity index (χ1n) is 4.44. The molecule has 2 nitrogen and oxygen atoms in total. The predicted octanol–water partition coefficient (Wildman–Crippen LogP) is 3.66. The molecule has 15 heavy (non-hydrogen) atoms. The normalized spacial score (nSPS) is 11.9. The van der Waals surface area contributed by atoms with E-state index >= 15 is 0 Å². The number of nitrogens with zero attached hydrogens (tertiary/aromatic N) is 1. The molecule has 0 fully saturated rings. The first-order valence-corrected chi connectivity index (χ1v) is 6.31. The van der Waals surface area contributed by atoms with E-state index in [1.54, 1.807) is 0 Å². The predicted molar refractivity (Wildman–Crippen MR) is 73.9 cm³/mol. The fraction of sp³-hybridized carbons (Fsp3) is 0.182. The number of benzene rings is 1. The average molecular weight is 377 g/mol. The number of halogens is 2. The molecule has 0 aliphatic rings. The van der Waals surface area contributed by atoms with E-state index in [4.69, 9.17) is 11.0 Å². The zero-order valence-corrected chi connectivity index (χ0v) is 12.0. The largest absolute Gasteiger partial charge is 0.397 e. The van der Waals surface area contributed by atoms with Crippen LogP contribution in [0.5, 0.6) is 0 Å². The lowest BCUT2D eigenvalue weighted by atomic mass is 10.1. The molecular formula is C11H10BrIN2. The van der Waals surface area contributed by atoms with Crippen LogP contribution in [0.2, 0.25) is 0 Å². The van der Waals surface area contributed by atoms with E-state index in [1.165, 1.54) is 0 Å². The monoisotopic (exact) mass is 376 g/mol. The maximum absolute atomic E-state index is 8.91. The number of nitriles is 1. The van der Waals surface area contributed by atoms with E-state index in [0.29, 0.717) is 17.7 Å². The molecule has 0 aromatic heterocycles. The summed E-state index contributed by atoms with van der Waals surface area (Å²) in [7, 11) is 0. The van der Waals surface area contributed by atoms with Gasteiger partial charge in [-0.3, -0.25) is 0 Å². The van der Waals surface area contributed by atoms with Crippen LogP contribution in [0.1, 0.15) is 18.9 Å². The molecule has 1 rings (SSSR count). The second kappa shape index (κ2) is 5.52. The van der Waals surface area contributed by atoms with Crippen LogP contribution < -0.4 is 5.73 Å². The molecule has 1 aromatic rings. The lowest BCUT2D eigenvalue weighted by Crippen LogP contribution is -2.01. The molecule has 0 bridgehead atoms. The summed E-state index contributed by atoms with van der Waals surface area (Å²) in [6.07, 6.45) is 0.653. The molecule has 0 aliphatic carbocycles. The Kier molecular flexibility index (Phi) is 4.61. The third kappa shape index (κ3) is 2.95. The molecule has 0 saturated carbocycles. The van der Waals surface area contributed by atoms with Gasteiger partial charge in [-0.25, -0.2) is 0 Å². The molecule has 0 atom stereocenters. The molecule has 0 aliphatic heterocycles. The minimum Gasteiger partial charge on any atom is -0.397 e. The van der Waals surface area contributed by atoms with Gasteiger partial charge in [-0.1, -0.05) is 22.9 Å². The molecule has 0 heterocycles. The van der Waals surface area contributed by atoms with Crippen LogP contribution in [0, 0.1) is 14.9 Å². The van der Waals surface area contributed by atoms with Crippen LogP contribution in [-0.2, 0) is 0 Å². The van der Waals surface area contributed by atoms with Crippen LogP contribution in [0.15, 0.2) is 28.2 Å². The van der Waals surface area contributed by atoms with Gasteiger partial charge in [0.1, 0.15) is 0 Å². The van der Waals surface area contributed by atoms with Crippen molar-refractivity contribution in [1.29, 1.82) is 5.26 Å². The fourth-order valence-corrected chi connectivity index (χ4v) is 2.15. The second-order valence-electron chi connectivity index (χ2n) is 2.98. The summed E-state index contributed by atoms with van der Waals surface area (Å²) in [5.41, 5.74) is 8.03. The number of hydrogen-bond donors (Lipinski definition) is 1. The summed E-state index contributed by atoms with van der Waals surface area (Å²) in [5.74, 6) is 0. The van der Waals surface area contributed by atoms with Gasteiger partial charge in [-0.05, 0) is 47.2 Å². The molecule has 0 radical (unpaired) electrons. The van der Waals surface area contributed by atoms with Crippen LogP contribution >= 0.6 is 38.5 Å².